The van der Waals surface area contributed by atoms with Crippen molar-refractivity contribution in [1.29, 1.82) is 0 Å². The van der Waals surface area contributed by atoms with Crippen LogP contribution in [0, 0.1) is 5.92 Å². The van der Waals surface area contributed by atoms with Crippen molar-refractivity contribution in [1.82, 2.24) is 18.8 Å². The molecule has 10 heteroatoms. The van der Waals surface area contributed by atoms with Crippen molar-refractivity contribution < 1.29 is 22.7 Å². The third kappa shape index (κ3) is 5.55. The molecule has 2 rings (SSSR count). The van der Waals surface area contributed by atoms with E-state index in [0.717, 1.165) is 13.0 Å². The van der Waals surface area contributed by atoms with Crippen LogP contribution in [0.5, 0.6) is 0 Å². The number of likely N-dealkylation sites (tertiary alicyclic amines) is 1. The van der Waals surface area contributed by atoms with Gasteiger partial charge in [-0.25, -0.2) is 9.52 Å². The monoisotopic (exact) mass is 376 g/mol. The summed E-state index contributed by atoms with van der Waals surface area (Å²) >= 11 is 0. The van der Waals surface area contributed by atoms with Crippen LogP contribution in [0.3, 0.4) is 0 Å². The second kappa shape index (κ2) is 8.81. The maximum Gasteiger partial charge on any atom is 0.409 e. The molecule has 0 aliphatic carbocycles. The van der Waals surface area contributed by atoms with Crippen molar-refractivity contribution in [3.05, 3.63) is 0 Å². The average molecular weight is 376 g/mol. The highest BCUT2D eigenvalue weighted by Crippen LogP contribution is 2.12. The van der Waals surface area contributed by atoms with Crippen LogP contribution in [0.4, 0.5) is 4.79 Å². The number of nitrogens with one attached hydrogen (secondary N) is 1. The number of nitrogens with zero attached hydrogens (tertiary/aromatic N) is 3. The quantitative estimate of drug-likeness (QED) is 0.666. The Morgan fingerprint density at radius 3 is 2.48 bits per heavy atom. The van der Waals surface area contributed by atoms with Gasteiger partial charge in [0.05, 0.1) is 6.61 Å². The highest BCUT2D eigenvalue weighted by molar-refractivity contribution is 7.87. The summed E-state index contributed by atoms with van der Waals surface area (Å²) in [6.45, 7) is 6.69. The van der Waals surface area contributed by atoms with Gasteiger partial charge in [-0.05, 0) is 19.3 Å². The van der Waals surface area contributed by atoms with Gasteiger partial charge >= 0.3 is 6.09 Å². The van der Waals surface area contributed by atoms with Gasteiger partial charge in [0.25, 0.3) is 10.2 Å². The molecule has 0 aromatic rings. The van der Waals surface area contributed by atoms with Crippen molar-refractivity contribution >= 4 is 22.2 Å². The number of piperazine rings is 1. The topological polar surface area (TPSA) is 99.3 Å². The van der Waals surface area contributed by atoms with E-state index in [1.807, 2.05) is 6.92 Å². The maximum absolute atomic E-state index is 12.4. The number of carbonyl (C=O) groups is 2. The van der Waals surface area contributed by atoms with Gasteiger partial charge in [0, 0.05) is 52.2 Å². The average Bonchev–Trinajstić information content (AvgIpc) is 2.98. The number of ether oxygens (including phenoxy) is 1. The summed E-state index contributed by atoms with van der Waals surface area (Å²) in [4.78, 5) is 26.6. The summed E-state index contributed by atoms with van der Waals surface area (Å²) in [5, 5.41) is 0. The molecule has 0 spiro atoms. The molecule has 2 aliphatic rings. The first kappa shape index (κ1) is 19.9. The molecule has 2 heterocycles. The fraction of sp³-hybridized carbons (Fsp3) is 0.867. The van der Waals surface area contributed by atoms with Gasteiger partial charge < -0.3 is 14.5 Å². The number of hydrogen-bond donors (Lipinski definition) is 1. The third-order valence-electron chi connectivity index (χ3n) is 4.42. The minimum atomic E-state index is -3.59. The van der Waals surface area contributed by atoms with Crippen LogP contribution in [0.1, 0.15) is 26.7 Å². The summed E-state index contributed by atoms with van der Waals surface area (Å²) in [6.07, 6.45) is 1.06. The van der Waals surface area contributed by atoms with Crippen molar-refractivity contribution in [2.75, 3.05) is 52.4 Å². The molecule has 1 N–H and O–H groups in total. The standard InChI is InChI=1S/C15H28N4O5S/c1-3-24-15(21)17-7-9-19(10-8-17)25(22,23)16-11-13(2)12-18-6-4-5-14(18)20/h13,16H,3-12H2,1-2H3/t13-/m1/s1. The third-order valence-corrected chi connectivity index (χ3v) is 6.00. The molecule has 0 saturated carbocycles. The lowest BCUT2D eigenvalue weighted by Crippen LogP contribution is -2.54. The summed E-state index contributed by atoms with van der Waals surface area (Å²) in [6, 6.07) is 0. The zero-order chi connectivity index (χ0) is 18.4. The Kier molecular flexibility index (Phi) is 7.03. The smallest absolute Gasteiger partial charge is 0.409 e. The molecule has 9 nitrogen and oxygen atoms in total. The first-order chi connectivity index (χ1) is 11.8. The van der Waals surface area contributed by atoms with Crippen LogP contribution in [0.25, 0.3) is 0 Å². The Morgan fingerprint density at radius 2 is 1.92 bits per heavy atom. The molecule has 2 saturated heterocycles. The van der Waals surface area contributed by atoms with E-state index in [1.165, 1.54) is 9.21 Å². The van der Waals surface area contributed by atoms with Gasteiger partial charge in [0.2, 0.25) is 5.91 Å². The van der Waals surface area contributed by atoms with E-state index in [9.17, 15) is 18.0 Å². The highest BCUT2D eigenvalue weighted by Gasteiger charge is 2.30. The van der Waals surface area contributed by atoms with Gasteiger partial charge in [-0.1, -0.05) is 6.92 Å². The predicted molar refractivity (Wildman–Crippen MR) is 92.1 cm³/mol. The second-order valence-corrected chi connectivity index (χ2v) is 8.24. The van der Waals surface area contributed by atoms with Gasteiger partial charge in [0.1, 0.15) is 0 Å². The molecule has 144 valence electrons. The van der Waals surface area contributed by atoms with Crippen LogP contribution in [0.15, 0.2) is 0 Å². The molecular weight excluding hydrogens is 348 g/mol. The number of amides is 2. The van der Waals surface area contributed by atoms with Crippen LogP contribution in [-0.2, 0) is 19.7 Å². The lowest BCUT2D eigenvalue weighted by atomic mass is 10.2. The van der Waals surface area contributed by atoms with Gasteiger partial charge in [-0.15, -0.1) is 0 Å². The summed E-state index contributed by atoms with van der Waals surface area (Å²) in [5.74, 6) is 0.183. The van der Waals surface area contributed by atoms with Gasteiger partial charge in [0.15, 0.2) is 0 Å². The fourth-order valence-electron chi connectivity index (χ4n) is 3.00. The Labute approximate surface area is 149 Å². The largest absolute Gasteiger partial charge is 0.450 e. The van der Waals surface area contributed by atoms with E-state index in [-0.39, 0.29) is 31.5 Å². The van der Waals surface area contributed by atoms with E-state index in [2.05, 4.69) is 4.72 Å². The van der Waals surface area contributed by atoms with Gasteiger partial charge in [-0.3, -0.25) is 4.79 Å². The Hall–Kier alpha value is -1.39. The molecule has 0 bridgehead atoms. The molecule has 2 fully saturated rings. The lowest BCUT2D eigenvalue weighted by Gasteiger charge is -2.33. The summed E-state index contributed by atoms with van der Waals surface area (Å²) < 4.78 is 33.7. The zero-order valence-electron chi connectivity index (χ0n) is 14.9. The second-order valence-electron chi connectivity index (χ2n) is 6.49. The Morgan fingerprint density at radius 1 is 1.24 bits per heavy atom. The van der Waals surface area contributed by atoms with Crippen molar-refractivity contribution in [2.45, 2.75) is 26.7 Å². The normalized spacial score (nSPS) is 20.8. The maximum atomic E-state index is 12.4. The summed E-state index contributed by atoms with van der Waals surface area (Å²) in [5.41, 5.74) is 0. The molecular formula is C15H28N4O5S. The van der Waals surface area contributed by atoms with E-state index in [4.69, 9.17) is 4.74 Å². The van der Waals surface area contributed by atoms with E-state index in [1.54, 1.807) is 11.8 Å². The van der Waals surface area contributed by atoms with Crippen LogP contribution in [0.2, 0.25) is 0 Å². The Bertz CT molecular complexity index is 574. The van der Waals surface area contributed by atoms with Crippen LogP contribution in [-0.4, -0.2) is 86.9 Å². The zero-order valence-corrected chi connectivity index (χ0v) is 15.8. The van der Waals surface area contributed by atoms with Crippen LogP contribution >= 0.6 is 0 Å². The minimum Gasteiger partial charge on any atom is -0.450 e. The molecule has 2 amide bonds. The van der Waals surface area contributed by atoms with Gasteiger partial charge in [-0.2, -0.15) is 12.7 Å². The first-order valence-electron chi connectivity index (χ1n) is 8.77. The predicted octanol–water partition coefficient (Wildman–Crippen LogP) is -0.147. The first-order valence-corrected chi connectivity index (χ1v) is 10.2. The molecule has 1 atom stereocenters. The molecule has 25 heavy (non-hydrogen) atoms. The minimum absolute atomic E-state index is 0.0395. The molecule has 0 unspecified atom stereocenters. The lowest BCUT2D eigenvalue weighted by molar-refractivity contribution is -0.128. The van der Waals surface area contributed by atoms with E-state index >= 15 is 0 Å². The van der Waals surface area contributed by atoms with Crippen molar-refractivity contribution in [2.24, 2.45) is 5.92 Å². The SMILES string of the molecule is CCOC(=O)N1CCN(S(=O)(=O)NC[C@@H](C)CN2CCCC2=O)CC1. The highest BCUT2D eigenvalue weighted by atomic mass is 32.2. The number of hydrogen-bond acceptors (Lipinski definition) is 5. The van der Waals surface area contributed by atoms with Crippen LogP contribution < -0.4 is 4.72 Å². The molecule has 2 aliphatic heterocycles. The van der Waals surface area contributed by atoms with E-state index in [0.29, 0.717) is 32.7 Å². The molecule has 0 aromatic heterocycles. The molecule has 0 aromatic carbocycles. The fourth-order valence-corrected chi connectivity index (χ4v) is 4.32. The Balaban J connectivity index is 1.76. The number of carbonyl (C=O) groups excluding carboxylic acids is 2. The van der Waals surface area contributed by atoms with Crippen molar-refractivity contribution in [3.8, 4) is 0 Å². The molecule has 0 radical (unpaired) electrons. The van der Waals surface area contributed by atoms with E-state index < -0.39 is 16.3 Å². The van der Waals surface area contributed by atoms with Crippen molar-refractivity contribution in [3.63, 3.8) is 0 Å². The summed E-state index contributed by atoms with van der Waals surface area (Å²) in [7, 11) is -3.59. The number of rotatable bonds is 7.